The summed E-state index contributed by atoms with van der Waals surface area (Å²) >= 11 is 0. The molecule has 2 fully saturated rings. The van der Waals surface area contributed by atoms with Gasteiger partial charge < -0.3 is 23.7 Å². The van der Waals surface area contributed by atoms with E-state index in [-0.39, 0.29) is 11.5 Å². The van der Waals surface area contributed by atoms with E-state index in [1.807, 2.05) is 0 Å². The average molecular weight is 401 g/mol. The normalized spacial score (nSPS) is 29.3. The molecule has 3 rings (SSSR count). The number of carbonyl (C=O) groups is 1. The van der Waals surface area contributed by atoms with E-state index in [0.717, 1.165) is 0 Å². The Bertz CT molecular complexity index is 792. The predicted octanol–water partition coefficient (Wildman–Crippen LogP) is 0.782. The Labute approximate surface area is 157 Å². The molecule has 0 saturated carbocycles. The van der Waals surface area contributed by atoms with Gasteiger partial charge in [0.05, 0.1) is 12.0 Å². The Kier molecular flexibility index (Phi) is 5.46. The molecular formula is C17H23NO8S. The zero-order valence-electron chi connectivity index (χ0n) is 15.5. The molecule has 27 heavy (non-hydrogen) atoms. The summed E-state index contributed by atoms with van der Waals surface area (Å²) in [7, 11) is -2.38. The molecule has 1 aromatic rings. The van der Waals surface area contributed by atoms with E-state index >= 15 is 0 Å². The van der Waals surface area contributed by atoms with E-state index in [0.29, 0.717) is 5.75 Å². The summed E-state index contributed by atoms with van der Waals surface area (Å²) in [6.07, 6.45) is -2.87. The second-order valence-corrected chi connectivity index (χ2v) is 8.47. The standard InChI is InChI=1S/C17H23NO8S/c1-10(19)23-9-13-14-15(26-17(2,3)25-14)16(24-13)18-27(20,21)12-7-5-11(22-4)6-8-12/h5-8,13-16,18H,9H2,1-4H3/t13-,14-,15-,16?/m1/s1. The maximum absolute atomic E-state index is 12.7. The summed E-state index contributed by atoms with van der Waals surface area (Å²) in [6.45, 7) is 4.68. The first-order chi connectivity index (χ1) is 12.6. The number of benzene rings is 1. The van der Waals surface area contributed by atoms with E-state index in [1.54, 1.807) is 26.0 Å². The van der Waals surface area contributed by atoms with Gasteiger partial charge in [0.2, 0.25) is 10.0 Å². The van der Waals surface area contributed by atoms with Crippen molar-refractivity contribution in [2.75, 3.05) is 13.7 Å². The van der Waals surface area contributed by atoms with Crippen LogP contribution in [0.5, 0.6) is 5.75 Å². The van der Waals surface area contributed by atoms with Crippen LogP contribution in [0.1, 0.15) is 20.8 Å². The molecule has 150 valence electrons. The lowest BCUT2D eigenvalue weighted by atomic mass is 10.1. The minimum absolute atomic E-state index is 0.0588. The molecule has 0 aromatic heterocycles. The molecule has 0 bridgehead atoms. The summed E-state index contributed by atoms with van der Waals surface area (Å²) in [5.41, 5.74) is 0. The minimum atomic E-state index is -3.87. The third-order valence-corrected chi connectivity index (χ3v) is 5.68. The van der Waals surface area contributed by atoms with Gasteiger partial charge in [-0.05, 0) is 38.1 Å². The monoisotopic (exact) mass is 401 g/mol. The van der Waals surface area contributed by atoms with Crippen LogP contribution in [0, 0.1) is 0 Å². The number of hydrogen-bond acceptors (Lipinski definition) is 8. The van der Waals surface area contributed by atoms with E-state index in [1.165, 1.54) is 26.2 Å². The van der Waals surface area contributed by atoms with Crippen LogP contribution in [0.2, 0.25) is 0 Å². The molecule has 1 N–H and O–H groups in total. The van der Waals surface area contributed by atoms with Crippen molar-refractivity contribution in [2.24, 2.45) is 0 Å². The Morgan fingerprint density at radius 2 is 1.81 bits per heavy atom. The first kappa shape index (κ1) is 20.0. The summed E-state index contributed by atoms with van der Waals surface area (Å²) in [5.74, 6) is -0.824. The van der Waals surface area contributed by atoms with Gasteiger partial charge in [0.25, 0.3) is 0 Å². The van der Waals surface area contributed by atoms with Crippen LogP contribution in [-0.2, 0) is 33.8 Å². The highest BCUT2D eigenvalue weighted by atomic mass is 32.2. The largest absolute Gasteiger partial charge is 0.497 e. The van der Waals surface area contributed by atoms with Gasteiger partial charge in [0.1, 0.15) is 30.7 Å². The van der Waals surface area contributed by atoms with E-state index in [2.05, 4.69) is 4.72 Å². The van der Waals surface area contributed by atoms with Crippen molar-refractivity contribution < 1.29 is 36.9 Å². The number of fused-ring (bicyclic) bond motifs is 1. The Hall–Kier alpha value is -1.72. The third kappa shape index (κ3) is 4.41. The van der Waals surface area contributed by atoms with Crippen molar-refractivity contribution in [1.82, 2.24) is 4.72 Å². The van der Waals surface area contributed by atoms with Crippen LogP contribution in [0.3, 0.4) is 0 Å². The molecule has 0 aliphatic carbocycles. The van der Waals surface area contributed by atoms with Crippen molar-refractivity contribution >= 4 is 16.0 Å². The SMILES string of the molecule is COc1ccc(S(=O)(=O)NC2O[C@H](COC(C)=O)[C@H]3OC(C)(C)O[C@@H]23)cc1. The van der Waals surface area contributed by atoms with Gasteiger partial charge >= 0.3 is 5.97 Å². The van der Waals surface area contributed by atoms with Crippen molar-refractivity contribution in [3.05, 3.63) is 24.3 Å². The fourth-order valence-electron chi connectivity index (χ4n) is 3.09. The van der Waals surface area contributed by atoms with Crippen LogP contribution in [-0.4, -0.2) is 58.4 Å². The number of sulfonamides is 1. The highest BCUT2D eigenvalue weighted by molar-refractivity contribution is 7.89. The number of ether oxygens (including phenoxy) is 5. The zero-order chi connectivity index (χ0) is 19.8. The number of methoxy groups -OCH3 is 1. The summed E-state index contributed by atoms with van der Waals surface area (Å²) in [4.78, 5) is 11.2. The fourth-order valence-corrected chi connectivity index (χ4v) is 4.21. The Balaban J connectivity index is 1.77. The number of rotatable bonds is 6. The lowest BCUT2D eigenvalue weighted by Crippen LogP contribution is -2.43. The predicted molar refractivity (Wildman–Crippen MR) is 92.4 cm³/mol. The topological polar surface area (TPSA) is 109 Å². The van der Waals surface area contributed by atoms with E-state index < -0.39 is 46.3 Å². The van der Waals surface area contributed by atoms with Gasteiger partial charge in [-0.2, -0.15) is 4.72 Å². The second-order valence-electron chi connectivity index (χ2n) is 6.76. The van der Waals surface area contributed by atoms with Crippen LogP contribution in [0.25, 0.3) is 0 Å². The van der Waals surface area contributed by atoms with Crippen LogP contribution >= 0.6 is 0 Å². The maximum atomic E-state index is 12.7. The minimum Gasteiger partial charge on any atom is -0.497 e. The van der Waals surface area contributed by atoms with Crippen molar-refractivity contribution in [2.45, 2.75) is 56.0 Å². The van der Waals surface area contributed by atoms with Gasteiger partial charge in [0, 0.05) is 6.92 Å². The lowest BCUT2D eigenvalue weighted by molar-refractivity contribution is -0.193. The summed E-state index contributed by atoms with van der Waals surface area (Å²) in [6, 6.07) is 5.96. The molecule has 2 aliphatic heterocycles. The van der Waals surface area contributed by atoms with Crippen LogP contribution < -0.4 is 9.46 Å². The molecule has 1 aromatic carbocycles. The van der Waals surface area contributed by atoms with Crippen molar-refractivity contribution in [3.63, 3.8) is 0 Å². The van der Waals surface area contributed by atoms with E-state index in [4.69, 9.17) is 23.7 Å². The first-order valence-electron chi connectivity index (χ1n) is 8.42. The van der Waals surface area contributed by atoms with E-state index in [9.17, 15) is 13.2 Å². The molecule has 0 radical (unpaired) electrons. The Morgan fingerprint density at radius 3 is 2.41 bits per heavy atom. The molecule has 2 saturated heterocycles. The molecule has 2 heterocycles. The molecule has 2 aliphatic rings. The molecule has 4 atom stereocenters. The molecule has 0 spiro atoms. The number of esters is 1. The van der Waals surface area contributed by atoms with Crippen molar-refractivity contribution in [1.29, 1.82) is 0 Å². The Morgan fingerprint density at radius 1 is 1.19 bits per heavy atom. The highest BCUT2D eigenvalue weighted by Gasteiger charge is 2.56. The summed E-state index contributed by atoms with van der Waals surface area (Å²) < 4.78 is 55.3. The fraction of sp³-hybridized carbons (Fsp3) is 0.588. The average Bonchev–Trinajstić information content (AvgIpc) is 3.07. The van der Waals surface area contributed by atoms with Crippen LogP contribution in [0.15, 0.2) is 29.2 Å². The quantitative estimate of drug-likeness (QED) is 0.697. The molecular weight excluding hydrogens is 378 g/mol. The number of carbonyl (C=O) groups excluding carboxylic acids is 1. The van der Waals surface area contributed by atoms with Gasteiger partial charge in [-0.1, -0.05) is 0 Å². The number of hydrogen-bond donors (Lipinski definition) is 1. The third-order valence-electron chi connectivity index (χ3n) is 4.24. The maximum Gasteiger partial charge on any atom is 0.302 e. The smallest absolute Gasteiger partial charge is 0.302 e. The first-order valence-corrected chi connectivity index (χ1v) is 9.90. The van der Waals surface area contributed by atoms with Gasteiger partial charge in [-0.15, -0.1) is 0 Å². The van der Waals surface area contributed by atoms with Gasteiger partial charge in [-0.25, -0.2) is 8.42 Å². The van der Waals surface area contributed by atoms with Crippen LogP contribution in [0.4, 0.5) is 0 Å². The molecule has 1 unspecified atom stereocenters. The van der Waals surface area contributed by atoms with Crippen molar-refractivity contribution in [3.8, 4) is 5.75 Å². The summed E-state index contributed by atoms with van der Waals surface area (Å²) in [5, 5.41) is 0. The molecule has 10 heteroatoms. The number of nitrogens with one attached hydrogen (secondary N) is 1. The lowest BCUT2D eigenvalue weighted by Gasteiger charge is -2.24. The second kappa shape index (κ2) is 7.36. The van der Waals surface area contributed by atoms with Gasteiger partial charge in [-0.3, -0.25) is 4.79 Å². The highest BCUT2D eigenvalue weighted by Crippen LogP contribution is 2.38. The molecule has 0 amide bonds. The zero-order valence-corrected chi connectivity index (χ0v) is 16.3. The molecule has 9 nitrogen and oxygen atoms in total. The van der Waals surface area contributed by atoms with Gasteiger partial charge in [0.15, 0.2) is 12.0 Å².